The second-order valence-electron chi connectivity index (χ2n) is 3.34. The highest BCUT2D eigenvalue weighted by Gasteiger charge is 2.12. The van der Waals surface area contributed by atoms with Crippen molar-refractivity contribution in [3.63, 3.8) is 0 Å². The van der Waals surface area contributed by atoms with Crippen molar-refractivity contribution < 1.29 is 4.79 Å². The number of rotatable bonds is 3. The van der Waals surface area contributed by atoms with Gasteiger partial charge in [0.15, 0.2) is 9.60 Å². The molecule has 0 aromatic carbocycles. The molecule has 2 amide bonds. The van der Waals surface area contributed by atoms with E-state index in [0.717, 1.165) is 0 Å². The molecular weight excluding hydrogens is 272 g/mol. The molecule has 0 aliphatic carbocycles. The molecule has 0 atom stereocenters. The van der Waals surface area contributed by atoms with Crippen LogP contribution in [-0.4, -0.2) is 20.6 Å². The molecule has 0 aliphatic heterocycles. The van der Waals surface area contributed by atoms with Gasteiger partial charge in [0.05, 0.1) is 0 Å². The second kappa shape index (κ2) is 4.70. The van der Waals surface area contributed by atoms with E-state index in [-0.39, 0.29) is 11.8 Å². The number of nitrogens with zero attached hydrogens (tertiary/aromatic N) is 3. The summed E-state index contributed by atoms with van der Waals surface area (Å²) in [6.45, 7) is 4.16. The minimum atomic E-state index is -0.752. The first-order valence-electron chi connectivity index (χ1n) is 4.87. The van der Waals surface area contributed by atoms with Crippen LogP contribution in [0.3, 0.4) is 0 Å². The van der Waals surface area contributed by atoms with Crippen LogP contribution < -0.4 is 16.8 Å². The van der Waals surface area contributed by atoms with Crippen LogP contribution in [0.5, 0.6) is 0 Å². The van der Waals surface area contributed by atoms with Gasteiger partial charge in [-0.2, -0.15) is 9.97 Å². The molecule has 0 unspecified atom stereocenters. The molecule has 2 aromatic rings. The third-order valence-electron chi connectivity index (χ3n) is 2.09. The Kier molecular flexibility index (Phi) is 3.26. The number of allylic oxidation sites excluding steroid dienone is 1. The van der Waals surface area contributed by atoms with Gasteiger partial charge in [0.1, 0.15) is 10.5 Å². The number of nitrogens with one attached hydrogen (secondary N) is 1. The van der Waals surface area contributed by atoms with Gasteiger partial charge in [0.2, 0.25) is 5.95 Å². The number of fused-ring (bicyclic) bond motifs is 1. The Hall–Kier alpha value is -2.00. The van der Waals surface area contributed by atoms with Gasteiger partial charge in [-0.3, -0.25) is 5.32 Å². The fourth-order valence-electron chi connectivity index (χ4n) is 1.42. The van der Waals surface area contributed by atoms with Crippen molar-refractivity contribution in [2.24, 2.45) is 5.73 Å². The van der Waals surface area contributed by atoms with E-state index < -0.39 is 6.03 Å². The van der Waals surface area contributed by atoms with Gasteiger partial charge >= 0.3 is 6.03 Å². The van der Waals surface area contributed by atoms with E-state index in [1.807, 2.05) is 0 Å². The minimum absolute atomic E-state index is 0.0538. The molecule has 2 rings (SSSR count). The summed E-state index contributed by atoms with van der Waals surface area (Å²) < 4.78 is 3.05. The van der Waals surface area contributed by atoms with E-state index in [1.54, 1.807) is 10.6 Å². The highest BCUT2D eigenvalue weighted by atomic mass is 32.1. The van der Waals surface area contributed by atoms with Crippen LogP contribution in [0.1, 0.15) is 0 Å². The standard InChI is InChI=1S/C9H10N6OS2/c1-2-3-15-6-4(18-9(15)17)5(10)12-8(13-6)14-7(11)16/h2H,1,3H2,(H5,10,11,12,13,14,16). The van der Waals surface area contributed by atoms with Crippen LogP contribution in [0.2, 0.25) is 0 Å². The summed E-state index contributed by atoms with van der Waals surface area (Å²) in [6.07, 6.45) is 1.70. The first-order chi connectivity index (χ1) is 8.52. The van der Waals surface area contributed by atoms with Crippen LogP contribution in [0.25, 0.3) is 10.3 Å². The number of amides is 2. The molecule has 5 N–H and O–H groups in total. The lowest BCUT2D eigenvalue weighted by Gasteiger charge is -2.04. The molecule has 0 fully saturated rings. The topological polar surface area (TPSA) is 112 Å². The number of carbonyl (C=O) groups is 1. The molecule has 94 valence electrons. The predicted molar refractivity (Wildman–Crippen MR) is 74.1 cm³/mol. The van der Waals surface area contributed by atoms with Crippen molar-refractivity contribution in [1.82, 2.24) is 14.5 Å². The van der Waals surface area contributed by atoms with Gasteiger partial charge in [-0.25, -0.2) is 4.79 Å². The van der Waals surface area contributed by atoms with Crippen molar-refractivity contribution in [3.05, 3.63) is 16.6 Å². The summed E-state index contributed by atoms with van der Waals surface area (Å²) in [5.74, 6) is 0.306. The monoisotopic (exact) mass is 282 g/mol. The molecule has 9 heteroatoms. The van der Waals surface area contributed by atoms with Gasteiger partial charge in [-0.15, -0.1) is 6.58 Å². The average molecular weight is 282 g/mol. The quantitative estimate of drug-likeness (QED) is 0.583. The lowest BCUT2D eigenvalue weighted by Crippen LogP contribution is -2.21. The third kappa shape index (κ3) is 2.17. The predicted octanol–water partition coefficient (Wildman–Crippen LogP) is 1.48. The maximum atomic E-state index is 10.8. The lowest BCUT2D eigenvalue weighted by molar-refractivity contribution is 0.259. The number of carbonyl (C=O) groups excluding carboxylic acids is 1. The molecule has 7 nitrogen and oxygen atoms in total. The van der Waals surface area contributed by atoms with E-state index >= 15 is 0 Å². The van der Waals surface area contributed by atoms with Gasteiger partial charge in [-0.1, -0.05) is 17.4 Å². The molecule has 0 aliphatic rings. The van der Waals surface area contributed by atoms with Crippen molar-refractivity contribution in [2.75, 3.05) is 11.1 Å². The summed E-state index contributed by atoms with van der Waals surface area (Å²) in [5.41, 5.74) is 11.4. The van der Waals surface area contributed by atoms with Gasteiger partial charge in [-0.05, 0) is 12.2 Å². The second-order valence-corrected chi connectivity index (χ2v) is 4.99. The van der Waals surface area contributed by atoms with Gasteiger partial charge in [0.25, 0.3) is 0 Å². The average Bonchev–Trinajstić information content (AvgIpc) is 2.57. The summed E-state index contributed by atoms with van der Waals surface area (Å²) in [4.78, 5) is 18.9. The zero-order chi connectivity index (χ0) is 13.3. The maximum Gasteiger partial charge on any atom is 0.319 e. The van der Waals surface area contributed by atoms with Gasteiger partial charge < -0.3 is 16.0 Å². The third-order valence-corrected chi connectivity index (χ3v) is 3.55. The van der Waals surface area contributed by atoms with E-state index in [9.17, 15) is 4.79 Å². The molecule has 2 aromatic heterocycles. The fraction of sp³-hybridized carbons (Fsp3) is 0.111. The van der Waals surface area contributed by atoms with Crippen LogP contribution in [0, 0.1) is 3.95 Å². The summed E-state index contributed by atoms with van der Waals surface area (Å²) in [5, 5.41) is 2.28. The van der Waals surface area contributed by atoms with E-state index in [1.165, 1.54) is 11.3 Å². The van der Waals surface area contributed by atoms with Crippen molar-refractivity contribution in [1.29, 1.82) is 0 Å². The molecule has 0 bridgehead atoms. The summed E-state index contributed by atoms with van der Waals surface area (Å²) in [7, 11) is 0. The highest BCUT2D eigenvalue weighted by molar-refractivity contribution is 7.73. The number of hydrogen-bond donors (Lipinski definition) is 3. The number of aromatic nitrogens is 3. The zero-order valence-electron chi connectivity index (χ0n) is 9.21. The molecule has 2 heterocycles. The van der Waals surface area contributed by atoms with Crippen LogP contribution in [0.15, 0.2) is 12.7 Å². The number of hydrogen-bond acceptors (Lipinski definition) is 6. The number of anilines is 2. The van der Waals surface area contributed by atoms with Gasteiger partial charge in [0, 0.05) is 6.54 Å². The van der Waals surface area contributed by atoms with Crippen LogP contribution in [-0.2, 0) is 6.54 Å². The Morgan fingerprint density at radius 2 is 2.33 bits per heavy atom. The lowest BCUT2D eigenvalue weighted by atomic mass is 10.5. The largest absolute Gasteiger partial charge is 0.382 e. The Morgan fingerprint density at radius 3 is 2.94 bits per heavy atom. The van der Waals surface area contributed by atoms with Crippen LogP contribution >= 0.6 is 23.6 Å². The molecule has 0 radical (unpaired) electrons. The smallest absolute Gasteiger partial charge is 0.319 e. The van der Waals surface area contributed by atoms with Crippen molar-refractivity contribution in [2.45, 2.75) is 6.54 Å². The molecule has 0 saturated heterocycles. The zero-order valence-corrected chi connectivity index (χ0v) is 10.8. The van der Waals surface area contributed by atoms with Crippen LogP contribution in [0.4, 0.5) is 16.6 Å². The van der Waals surface area contributed by atoms with E-state index in [2.05, 4.69) is 21.9 Å². The Labute approximate surface area is 111 Å². The number of thiazole rings is 1. The molecule has 0 spiro atoms. The minimum Gasteiger partial charge on any atom is -0.382 e. The normalized spacial score (nSPS) is 10.4. The first-order valence-corrected chi connectivity index (χ1v) is 6.09. The van der Waals surface area contributed by atoms with Crippen molar-refractivity contribution >= 4 is 51.7 Å². The van der Waals surface area contributed by atoms with E-state index in [4.69, 9.17) is 23.7 Å². The van der Waals surface area contributed by atoms with Crippen molar-refractivity contribution in [3.8, 4) is 0 Å². The highest BCUT2D eigenvalue weighted by Crippen LogP contribution is 2.27. The first kappa shape index (κ1) is 12.5. The molecule has 0 saturated carbocycles. The number of nitrogen functional groups attached to an aromatic ring is 1. The molecule has 18 heavy (non-hydrogen) atoms. The maximum absolute atomic E-state index is 10.8. The summed E-state index contributed by atoms with van der Waals surface area (Å²) in [6, 6.07) is -0.752. The SMILES string of the molecule is C=CCn1c(=S)sc2c(N)nc(NC(N)=O)nc21. The summed E-state index contributed by atoms with van der Waals surface area (Å²) >= 11 is 6.52. The molecular formula is C9H10N6OS2. The van der Waals surface area contributed by atoms with E-state index in [0.29, 0.717) is 20.8 Å². The fourth-order valence-corrected chi connectivity index (χ4v) is 2.68. The Morgan fingerprint density at radius 1 is 1.61 bits per heavy atom. The number of primary amides is 1. The Balaban J connectivity index is 2.68. The number of nitrogens with two attached hydrogens (primary N) is 2. The Bertz CT molecular complexity index is 688. The number of urea groups is 1.